The summed E-state index contributed by atoms with van der Waals surface area (Å²) in [4.78, 5) is 8.36. The van der Waals surface area contributed by atoms with E-state index in [0.29, 0.717) is 0 Å². The summed E-state index contributed by atoms with van der Waals surface area (Å²) in [6.45, 7) is 0. The Morgan fingerprint density at radius 1 is 1.00 bits per heavy atom. The van der Waals surface area contributed by atoms with E-state index < -0.39 is 5.09 Å². The molecule has 10 heavy (non-hydrogen) atoms. The van der Waals surface area contributed by atoms with Gasteiger partial charge < -0.3 is 32.6 Å². The predicted octanol–water partition coefficient (Wildman–Crippen LogP) is -4.47. The summed E-state index contributed by atoms with van der Waals surface area (Å²) in [6.07, 6.45) is 0. The second kappa shape index (κ2) is 59.9. The van der Waals surface area contributed by atoms with Gasteiger partial charge in [0.25, 0.3) is 5.09 Å². The smallest absolute Gasteiger partial charge is 0.291 e. The van der Waals surface area contributed by atoms with Gasteiger partial charge in [0, 0.05) is 36.9 Å². The van der Waals surface area contributed by atoms with Crippen LogP contribution in [0.25, 0.3) is 0 Å². The van der Waals surface area contributed by atoms with Crippen LogP contribution in [0.15, 0.2) is 0 Å². The average Bonchev–Trinajstić information content (AvgIpc) is 0.811. The fraction of sp³-hybridized carbons (Fsp3) is 0. The van der Waals surface area contributed by atoms with Gasteiger partial charge in [-0.05, 0) is 0 Å². The molecule has 0 aromatic heterocycles. The third kappa shape index (κ3) is 7880. The first-order valence-electron chi connectivity index (χ1n) is 0.565. The Balaban J connectivity index is -0.00000000300. The minimum atomic E-state index is -1.50. The van der Waals surface area contributed by atoms with Gasteiger partial charge in [-0.15, -0.1) is 10.1 Å². The molecule has 0 saturated carbocycles. The molecule has 0 unspecified atom stereocenters. The zero-order chi connectivity index (χ0) is 3.58. The number of rotatable bonds is 0. The quantitative estimate of drug-likeness (QED) is 0.343. The van der Waals surface area contributed by atoms with Gasteiger partial charge in [-0.3, -0.25) is 0 Å². The van der Waals surface area contributed by atoms with Crippen LogP contribution in [0.2, 0.25) is 0 Å². The van der Waals surface area contributed by atoms with Crippen molar-refractivity contribution in [3.8, 4) is 0 Å². The molecule has 0 rings (SSSR count). The van der Waals surface area contributed by atoms with Gasteiger partial charge in [-0.2, -0.15) is 0 Å². The van der Waals surface area contributed by atoms with Gasteiger partial charge in [-0.25, -0.2) is 0 Å². The summed E-state index contributed by atoms with van der Waals surface area (Å²) in [6, 6.07) is 0. The molecular formula is H11LuNO8. The van der Waals surface area contributed by atoms with E-state index in [4.69, 9.17) is 15.3 Å². The van der Waals surface area contributed by atoms with Crippen LogP contribution in [-0.4, -0.2) is 37.7 Å². The summed E-state index contributed by atoms with van der Waals surface area (Å²) in [5, 5.41) is 13.6. The van der Waals surface area contributed by atoms with Crippen LogP contribution in [-0.2, 0) is 0 Å². The fourth-order valence-corrected chi connectivity index (χ4v) is 0. The molecule has 0 spiro atoms. The van der Waals surface area contributed by atoms with Gasteiger partial charge in [0.05, 0.1) is 0 Å². The van der Waals surface area contributed by atoms with Crippen molar-refractivity contribution in [1.82, 2.24) is 0 Å². The molecule has 0 fully saturated rings. The predicted molar refractivity (Wildman–Crippen MR) is 26.8 cm³/mol. The summed E-state index contributed by atoms with van der Waals surface area (Å²) < 4.78 is 0. The third-order valence-corrected chi connectivity index (χ3v) is 0. The van der Waals surface area contributed by atoms with Crippen LogP contribution in [0.1, 0.15) is 0 Å². The van der Waals surface area contributed by atoms with Crippen molar-refractivity contribution >= 4 is 0 Å². The Hall–Kier alpha value is 0.234. The maximum Gasteiger partial charge on any atom is 0.291 e. The van der Waals surface area contributed by atoms with Gasteiger partial charge in [-0.1, -0.05) is 0 Å². The molecule has 0 aromatic carbocycles. The Bertz CT molecular complexity index is 32.2. The normalized spacial score (nSPS) is 2.40. The van der Waals surface area contributed by atoms with Crippen molar-refractivity contribution in [2.45, 2.75) is 0 Å². The van der Waals surface area contributed by atoms with E-state index in [9.17, 15) is 0 Å². The van der Waals surface area contributed by atoms with Crippen molar-refractivity contribution in [1.29, 1.82) is 0 Å². The minimum Gasteiger partial charge on any atom is -0.412 e. The Morgan fingerprint density at radius 2 is 1.00 bits per heavy atom. The van der Waals surface area contributed by atoms with Crippen molar-refractivity contribution in [3.63, 3.8) is 0 Å². The Kier molecular flexibility index (Phi) is 499. The molecule has 0 aromatic rings. The van der Waals surface area contributed by atoms with E-state index in [1.165, 1.54) is 0 Å². The number of hydrogen-bond acceptors (Lipinski definition) is 2. The second-order valence-electron chi connectivity index (χ2n) is 0.238. The summed E-state index contributed by atoms with van der Waals surface area (Å²) in [5.41, 5.74) is 0. The summed E-state index contributed by atoms with van der Waals surface area (Å²) in [7, 11) is 0. The molecule has 9 nitrogen and oxygen atoms in total. The molecule has 0 amide bonds. The van der Waals surface area contributed by atoms with E-state index in [1.807, 2.05) is 0 Å². The van der Waals surface area contributed by atoms with E-state index in [-0.39, 0.29) is 64.3 Å². The first-order chi connectivity index (χ1) is 1.73. The first-order valence-corrected chi connectivity index (χ1v) is 0.565. The molecule has 79 valence electrons. The monoisotopic (exact) mass is 328 g/mol. The van der Waals surface area contributed by atoms with Crippen LogP contribution in [0.5, 0.6) is 0 Å². The van der Waals surface area contributed by atoms with Gasteiger partial charge in [0.2, 0.25) is 0 Å². The molecule has 0 aliphatic heterocycles. The summed E-state index contributed by atoms with van der Waals surface area (Å²) in [5.74, 6) is 0. The maximum absolute atomic E-state index is 8.36. The molecule has 0 atom stereocenters. The maximum atomic E-state index is 8.36. The van der Waals surface area contributed by atoms with Crippen LogP contribution < -0.4 is 0 Å². The van der Waals surface area contributed by atoms with Crippen molar-refractivity contribution in [2.75, 3.05) is 0 Å². The largest absolute Gasteiger partial charge is 0.412 e. The molecule has 0 bridgehead atoms. The Labute approximate surface area is 84.5 Å². The van der Waals surface area contributed by atoms with Crippen LogP contribution in [0.4, 0.5) is 0 Å². The van der Waals surface area contributed by atoms with Crippen LogP contribution >= 0.6 is 0 Å². The number of nitrogens with zero attached hydrogens (tertiary/aromatic N) is 1. The third-order valence-electron chi connectivity index (χ3n) is 0. The van der Waals surface area contributed by atoms with Gasteiger partial charge in [0.15, 0.2) is 0 Å². The van der Waals surface area contributed by atoms with Gasteiger partial charge >= 0.3 is 0 Å². The summed E-state index contributed by atoms with van der Waals surface area (Å²) >= 11 is 0. The molecule has 0 heterocycles. The molecule has 0 saturated heterocycles. The van der Waals surface area contributed by atoms with Gasteiger partial charge in [0.1, 0.15) is 0 Å². The zero-order valence-corrected chi connectivity index (χ0v) is 6.13. The number of hydrogen-bond donors (Lipinski definition) is 1. The second-order valence-corrected chi connectivity index (χ2v) is 0.238. The SMILES string of the molecule is O.O.O.O.O.O=[N+]([O-])O.[Lu]. The molecule has 0 aliphatic rings. The van der Waals surface area contributed by atoms with E-state index >= 15 is 0 Å². The fourth-order valence-electron chi connectivity index (χ4n) is 0. The van der Waals surface area contributed by atoms with Crippen LogP contribution in [0, 0.1) is 47.0 Å². The molecule has 10 heteroatoms. The molecule has 0 aliphatic carbocycles. The van der Waals surface area contributed by atoms with E-state index in [2.05, 4.69) is 0 Å². The minimum absolute atomic E-state index is 0. The topological polar surface area (TPSA) is 221 Å². The van der Waals surface area contributed by atoms with E-state index in [1.54, 1.807) is 0 Å². The molecular weight excluding hydrogens is 317 g/mol. The van der Waals surface area contributed by atoms with Crippen molar-refractivity contribution in [3.05, 3.63) is 10.1 Å². The standard InChI is InChI=1S/Lu.HNO3.5H2O/c;2-1(3)4;;;;;/h;(H,2,3,4);5*1H2. The van der Waals surface area contributed by atoms with Crippen LogP contribution in [0.3, 0.4) is 0 Å². The van der Waals surface area contributed by atoms with Crippen molar-refractivity contribution < 1.29 is 74.5 Å². The van der Waals surface area contributed by atoms with E-state index in [0.717, 1.165) is 0 Å². The molecule has 1 radical (unpaired) electrons. The Morgan fingerprint density at radius 3 is 1.00 bits per heavy atom. The molecule has 11 N–H and O–H groups in total. The van der Waals surface area contributed by atoms with Crippen molar-refractivity contribution in [2.24, 2.45) is 0 Å². The first kappa shape index (κ1) is 83.4. The average molecular weight is 328 g/mol. The zero-order valence-electron chi connectivity index (χ0n) is 4.47.